The minimum Gasteiger partial charge on any atom is -0.373 e. The smallest absolute Gasteiger partial charge is 0.279 e. The van der Waals surface area contributed by atoms with Crippen LogP contribution in [0.25, 0.3) is 0 Å². The van der Waals surface area contributed by atoms with E-state index in [-0.39, 0.29) is 18.2 Å². The Kier molecular flexibility index (Phi) is 4.73. The lowest BCUT2D eigenvalue weighted by molar-refractivity contribution is -0.0444. The van der Waals surface area contributed by atoms with Crippen LogP contribution in [0.1, 0.15) is 34.1 Å². The van der Waals surface area contributed by atoms with E-state index in [1.165, 1.54) is 4.31 Å². The SMILES string of the molecule is CC[C@H](C)NS(=O)(=O)N1C[C@@H](C)O[C@@H](C)C1. The molecule has 0 aromatic rings. The first-order valence-electron chi connectivity index (χ1n) is 5.78. The standard InChI is InChI=1S/C10H22N2O3S/c1-5-8(2)11-16(13,14)12-6-9(3)15-10(4)7-12/h8-11H,5-7H2,1-4H3/t8-,9-,10+/m0/s1. The summed E-state index contributed by atoms with van der Waals surface area (Å²) in [4.78, 5) is 0. The Balaban J connectivity index is 2.67. The molecule has 6 heteroatoms. The zero-order valence-corrected chi connectivity index (χ0v) is 11.3. The minimum absolute atomic E-state index is 0.0292. The Morgan fingerprint density at radius 2 is 1.88 bits per heavy atom. The Morgan fingerprint density at radius 3 is 2.31 bits per heavy atom. The van der Waals surface area contributed by atoms with Crippen LogP contribution in [0.5, 0.6) is 0 Å². The van der Waals surface area contributed by atoms with E-state index in [9.17, 15) is 8.42 Å². The molecular weight excluding hydrogens is 228 g/mol. The van der Waals surface area contributed by atoms with Crippen LogP contribution >= 0.6 is 0 Å². The fraction of sp³-hybridized carbons (Fsp3) is 1.00. The van der Waals surface area contributed by atoms with Gasteiger partial charge in [-0.05, 0) is 27.2 Å². The fourth-order valence-electron chi connectivity index (χ4n) is 1.74. The van der Waals surface area contributed by atoms with Crippen LogP contribution in [0.4, 0.5) is 0 Å². The Bertz CT molecular complexity index is 308. The monoisotopic (exact) mass is 250 g/mol. The zero-order valence-electron chi connectivity index (χ0n) is 10.4. The molecule has 3 atom stereocenters. The molecule has 0 spiro atoms. The number of nitrogens with zero attached hydrogens (tertiary/aromatic N) is 1. The van der Waals surface area contributed by atoms with Crippen molar-refractivity contribution in [2.45, 2.75) is 52.4 Å². The maximum Gasteiger partial charge on any atom is 0.279 e. The third-order valence-electron chi connectivity index (χ3n) is 2.69. The van der Waals surface area contributed by atoms with Crippen LogP contribution in [0.2, 0.25) is 0 Å². The molecule has 0 aromatic carbocycles. The van der Waals surface area contributed by atoms with Crippen LogP contribution in [0.15, 0.2) is 0 Å². The molecule has 1 rings (SSSR count). The largest absolute Gasteiger partial charge is 0.373 e. The zero-order chi connectivity index (χ0) is 12.3. The number of hydrogen-bond acceptors (Lipinski definition) is 3. The first kappa shape index (κ1) is 13.9. The minimum atomic E-state index is -3.36. The van der Waals surface area contributed by atoms with Crippen molar-refractivity contribution in [1.29, 1.82) is 0 Å². The molecule has 1 N–H and O–H groups in total. The lowest BCUT2D eigenvalue weighted by Gasteiger charge is -2.34. The van der Waals surface area contributed by atoms with Gasteiger partial charge in [0.15, 0.2) is 0 Å². The lowest BCUT2D eigenvalue weighted by Crippen LogP contribution is -2.53. The van der Waals surface area contributed by atoms with Crippen LogP contribution < -0.4 is 4.72 Å². The molecule has 96 valence electrons. The van der Waals surface area contributed by atoms with Gasteiger partial charge >= 0.3 is 0 Å². The molecule has 1 fully saturated rings. The van der Waals surface area contributed by atoms with Gasteiger partial charge in [-0.2, -0.15) is 17.4 Å². The fourth-order valence-corrected chi connectivity index (χ4v) is 3.38. The van der Waals surface area contributed by atoms with E-state index in [2.05, 4.69) is 4.72 Å². The number of hydrogen-bond donors (Lipinski definition) is 1. The summed E-state index contributed by atoms with van der Waals surface area (Å²) in [6, 6.07) is -0.0292. The molecule has 0 bridgehead atoms. The van der Waals surface area contributed by atoms with Crippen molar-refractivity contribution < 1.29 is 13.2 Å². The van der Waals surface area contributed by atoms with Crippen LogP contribution in [-0.4, -0.2) is 44.1 Å². The molecule has 16 heavy (non-hydrogen) atoms. The first-order valence-corrected chi connectivity index (χ1v) is 7.22. The van der Waals surface area contributed by atoms with E-state index >= 15 is 0 Å². The third-order valence-corrected chi connectivity index (χ3v) is 4.37. The highest BCUT2D eigenvalue weighted by atomic mass is 32.2. The van der Waals surface area contributed by atoms with Crippen molar-refractivity contribution in [3.8, 4) is 0 Å². The highest BCUT2D eigenvalue weighted by molar-refractivity contribution is 7.87. The Hall–Kier alpha value is -0.170. The van der Waals surface area contributed by atoms with E-state index in [4.69, 9.17) is 4.74 Å². The second-order valence-corrected chi connectivity index (χ2v) is 6.21. The quantitative estimate of drug-likeness (QED) is 0.800. The average Bonchev–Trinajstić information content (AvgIpc) is 2.15. The molecule has 0 radical (unpaired) electrons. The summed E-state index contributed by atoms with van der Waals surface area (Å²) in [6.45, 7) is 8.46. The highest BCUT2D eigenvalue weighted by Gasteiger charge is 2.31. The molecule has 1 aliphatic heterocycles. The van der Waals surface area contributed by atoms with Crippen molar-refractivity contribution in [2.75, 3.05) is 13.1 Å². The van der Waals surface area contributed by atoms with E-state index in [1.54, 1.807) is 0 Å². The van der Waals surface area contributed by atoms with E-state index in [0.717, 1.165) is 6.42 Å². The molecular formula is C10H22N2O3S. The van der Waals surface area contributed by atoms with Gasteiger partial charge in [-0.1, -0.05) is 6.92 Å². The maximum atomic E-state index is 12.0. The number of morpholine rings is 1. The van der Waals surface area contributed by atoms with E-state index in [0.29, 0.717) is 13.1 Å². The molecule has 0 saturated carbocycles. The van der Waals surface area contributed by atoms with Crippen molar-refractivity contribution in [2.24, 2.45) is 0 Å². The molecule has 1 aliphatic rings. The summed E-state index contributed by atoms with van der Waals surface area (Å²) in [5.74, 6) is 0. The van der Waals surface area contributed by atoms with Gasteiger partial charge in [0.1, 0.15) is 0 Å². The van der Waals surface area contributed by atoms with Crippen LogP contribution in [0.3, 0.4) is 0 Å². The number of rotatable bonds is 4. The molecule has 0 aliphatic carbocycles. The predicted molar refractivity (Wildman–Crippen MR) is 63.4 cm³/mol. The predicted octanol–water partition coefficient (Wildman–Crippen LogP) is 0.728. The summed E-state index contributed by atoms with van der Waals surface area (Å²) in [7, 11) is -3.36. The second-order valence-electron chi connectivity index (χ2n) is 4.51. The lowest BCUT2D eigenvalue weighted by atomic mass is 10.3. The van der Waals surface area contributed by atoms with Gasteiger partial charge in [-0.25, -0.2) is 0 Å². The van der Waals surface area contributed by atoms with Gasteiger partial charge in [-0.3, -0.25) is 0 Å². The molecule has 0 amide bonds. The average molecular weight is 250 g/mol. The second kappa shape index (κ2) is 5.44. The summed E-state index contributed by atoms with van der Waals surface area (Å²) in [5, 5.41) is 0. The van der Waals surface area contributed by atoms with Gasteiger partial charge in [0.05, 0.1) is 12.2 Å². The van der Waals surface area contributed by atoms with Crippen LogP contribution in [-0.2, 0) is 14.9 Å². The number of ether oxygens (including phenoxy) is 1. The van der Waals surface area contributed by atoms with Gasteiger partial charge in [-0.15, -0.1) is 0 Å². The van der Waals surface area contributed by atoms with Crippen molar-refractivity contribution in [3.05, 3.63) is 0 Å². The van der Waals surface area contributed by atoms with E-state index in [1.807, 2.05) is 27.7 Å². The molecule has 0 aromatic heterocycles. The van der Waals surface area contributed by atoms with Crippen molar-refractivity contribution in [1.82, 2.24) is 9.03 Å². The Morgan fingerprint density at radius 1 is 1.38 bits per heavy atom. The van der Waals surface area contributed by atoms with Gasteiger partial charge in [0.25, 0.3) is 10.2 Å². The summed E-state index contributed by atoms with van der Waals surface area (Å²) in [5.41, 5.74) is 0. The number of nitrogens with one attached hydrogen (secondary N) is 1. The summed E-state index contributed by atoms with van der Waals surface area (Å²) >= 11 is 0. The van der Waals surface area contributed by atoms with Gasteiger partial charge in [0, 0.05) is 19.1 Å². The molecule has 1 saturated heterocycles. The van der Waals surface area contributed by atoms with Crippen LogP contribution in [0, 0.1) is 0 Å². The maximum absolute atomic E-state index is 12.0. The molecule has 1 heterocycles. The Labute approximate surface area is 98.3 Å². The van der Waals surface area contributed by atoms with Crippen molar-refractivity contribution in [3.63, 3.8) is 0 Å². The normalized spacial score (nSPS) is 30.2. The van der Waals surface area contributed by atoms with Gasteiger partial charge in [0.2, 0.25) is 0 Å². The molecule has 0 unspecified atom stereocenters. The summed E-state index contributed by atoms with van der Waals surface area (Å²) < 4.78 is 33.6. The molecule has 5 nitrogen and oxygen atoms in total. The first-order chi connectivity index (χ1) is 7.35. The van der Waals surface area contributed by atoms with Crippen molar-refractivity contribution >= 4 is 10.2 Å². The topological polar surface area (TPSA) is 58.6 Å². The van der Waals surface area contributed by atoms with E-state index < -0.39 is 10.2 Å². The highest BCUT2D eigenvalue weighted by Crippen LogP contribution is 2.13. The van der Waals surface area contributed by atoms with Gasteiger partial charge < -0.3 is 4.74 Å². The third kappa shape index (κ3) is 3.69. The summed E-state index contributed by atoms with van der Waals surface area (Å²) in [6.07, 6.45) is 0.698.